The molecule has 1 fully saturated rings. The average molecular weight is 421 g/mol. The van der Waals surface area contributed by atoms with Gasteiger partial charge in [-0.3, -0.25) is 14.4 Å². The Morgan fingerprint density at radius 3 is 2.87 bits per heavy atom. The van der Waals surface area contributed by atoms with Crippen molar-refractivity contribution in [2.24, 2.45) is 0 Å². The highest BCUT2D eigenvalue weighted by Gasteiger charge is 2.40. The van der Waals surface area contributed by atoms with Gasteiger partial charge in [0.05, 0.1) is 22.4 Å². The van der Waals surface area contributed by atoms with Crippen molar-refractivity contribution in [2.45, 2.75) is 24.9 Å². The number of hydrogen-bond donors (Lipinski definition) is 2. The highest BCUT2D eigenvalue weighted by Crippen LogP contribution is 2.32. The monoisotopic (exact) mass is 421 g/mol. The Bertz CT molecular complexity index is 1110. The molecule has 0 saturated carbocycles. The second-order valence-corrected chi connectivity index (χ2v) is 8.36. The molecule has 2 aromatic heterocycles. The number of hydrogen-bond acceptors (Lipinski definition) is 5. The second kappa shape index (κ2) is 7.46. The number of furan rings is 1. The van der Waals surface area contributed by atoms with Crippen molar-refractivity contribution in [3.8, 4) is 11.3 Å². The van der Waals surface area contributed by atoms with E-state index in [9.17, 15) is 14.4 Å². The van der Waals surface area contributed by atoms with Crippen LogP contribution in [0, 0.1) is 0 Å². The third kappa shape index (κ3) is 3.29. The molecule has 5 rings (SSSR count). The van der Waals surface area contributed by atoms with E-state index >= 15 is 0 Å². The molecule has 0 spiro atoms. The summed E-state index contributed by atoms with van der Waals surface area (Å²) < 4.78 is 5.43. The van der Waals surface area contributed by atoms with Crippen molar-refractivity contribution in [1.82, 2.24) is 10.2 Å². The first kappa shape index (κ1) is 18.6. The van der Waals surface area contributed by atoms with Gasteiger partial charge in [-0.25, -0.2) is 0 Å². The zero-order valence-corrected chi connectivity index (χ0v) is 16.8. The van der Waals surface area contributed by atoms with Crippen LogP contribution in [0.3, 0.4) is 0 Å². The number of amides is 3. The lowest BCUT2D eigenvalue weighted by Crippen LogP contribution is -2.54. The maximum absolute atomic E-state index is 13.3. The largest absolute Gasteiger partial charge is 0.464 e. The lowest BCUT2D eigenvalue weighted by Gasteiger charge is -2.37. The van der Waals surface area contributed by atoms with Crippen molar-refractivity contribution in [3.63, 3.8) is 0 Å². The van der Waals surface area contributed by atoms with Crippen LogP contribution < -0.4 is 10.6 Å². The fourth-order valence-electron chi connectivity index (χ4n) is 4.05. The molecule has 0 bridgehead atoms. The van der Waals surface area contributed by atoms with Crippen LogP contribution in [0.2, 0.25) is 0 Å². The Kier molecular flexibility index (Phi) is 4.63. The van der Waals surface area contributed by atoms with E-state index in [0.717, 1.165) is 5.56 Å². The molecule has 7 nitrogen and oxygen atoms in total. The smallest absolute Gasteiger partial charge is 0.261 e. The zero-order valence-electron chi connectivity index (χ0n) is 16.0. The summed E-state index contributed by atoms with van der Waals surface area (Å²) in [4.78, 5) is 40.8. The van der Waals surface area contributed by atoms with Crippen molar-refractivity contribution >= 4 is 34.7 Å². The van der Waals surface area contributed by atoms with Crippen LogP contribution in [0.25, 0.3) is 11.3 Å². The topological polar surface area (TPSA) is 91.7 Å². The van der Waals surface area contributed by atoms with Crippen molar-refractivity contribution in [2.75, 3.05) is 11.9 Å². The molecule has 2 aliphatic heterocycles. The van der Waals surface area contributed by atoms with Crippen molar-refractivity contribution < 1.29 is 18.8 Å². The average Bonchev–Trinajstić information content (AvgIpc) is 3.46. The van der Waals surface area contributed by atoms with E-state index in [1.165, 1.54) is 11.3 Å². The maximum Gasteiger partial charge on any atom is 0.261 e. The number of carbonyl (C=O) groups excluding carboxylic acids is 3. The predicted octanol–water partition coefficient (Wildman–Crippen LogP) is 3.36. The van der Waals surface area contributed by atoms with Gasteiger partial charge >= 0.3 is 0 Å². The molecule has 152 valence electrons. The van der Waals surface area contributed by atoms with Crippen LogP contribution in [0.4, 0.5) is 5.69 Å². The Morgan fingerprint density at radius 1 is 1.20 bits per heavy atom. The fraction of sp³-hybridized carbons (Fsp3) is 0.227. The summed E-state index contributed by atoms with van der Waals surface area (Å²) in [7, 11) is 0. The third-order valence-corrected chi connectivity index (χ3v) is 6.43. The summed E-state index contributed by atoms with van der Waals surface area (Å²) in [5, 5.41) is 7.73. The molecule has 3 aromatic rings. The van der Waals surface area contributed by atoms with E-state index < -0.39 is 6.04 Å². The number of anilines is 1. The molecule has 1 aromatic carbocycles. The first-order valence-corrected chi connectivity index (χ1v) is 10.6. The second-order valence-electron chi connectivity index (χ2n) is 7.41. The van der Waals surface area contributed by atoms with Crippen LogP contribution in [0.1, 0.15) is 32.9 Å². The van der Waals surface area contributed by atoms with E-state index in [4.69, 9.17) is 4.42 Å². The molecule has 30 heavy (non-hydrogen) atoms. The minimum atomic E-state index is -0.626. The number of thiophene rings is 1. The van der Waals surface area contributed by atoms with Gasteiger partial charge in [0.2, 0.25) is 5.91 Å². The molecule has 2 aliphatic rings. The van der Waals surface area contributed by atoms with Crippen LogP contribution in [0.5, 0.6) is 0 Å². The number of fused-ring (bicyclic) bond motifs is 2. The van der Waals surface area contributed by atoms with Crippen LogP contribution in [-0.2, 0) is 4.79 Å². The van der Waals surface area contributed by atoms with Crippen LogP contribution >= 0.6 is 11.3 Å². The van der Waals surface area contributed by atoms with Gasteiger partial charge in [-0.15, -0.1) is 11.3 Å². The number of nitrogens with one attached hydrogen (secondary N) is 2. The van der Waals surface area contributed by atoms with E-state index in [0.29, 0.717) is 41.3 Å². The Balaban J connectivity index is 1.38. The van der Waals surface area contributed by atoms with Gasteiger partial charge < -0.3 is 20.0 Å². The number of rotatable bonds is 3. The molecule has 2 N–H and O–H groups in total. The summed E-state index contributed by atoms with van der Waals surface area (Å²) in [5.74, 6) is 0.0932. The molecule has 8 heteroatoms. The van der Waals surface area contributed by atoms with Gasteiger partial charge in [-0.1, -0.05) is 6.07 Å². The molecular formula is C22H19N3O4S. The maximum atomic E-state index is 13.3. The minimum Gasteiger partial charge on any atom is -0.464 e. The quantitative estimate of drug-likeness (QED) is 0.678. The highest BCUT2D eigenvalue weighted by atomic mass is 32.1. The molecule has 3 amide bonds. The molecule has 0 unspecified atom stereocenters. The van der Waals surface area contributed by atoms with Gasteiger partial charge in [0.1, 0.15) is 11.8 Å². The summed E-state index contributed by atoms with van der Waals surface area (Å²) in [6.07, 6.45) is 2.56. The first-order valence-electron chi connectivity index (χ1n) is 9.74. The number of nitrogens with zero attached hydrogens (tertiary/aromatic N) is 1. The summed E-state index contributed by atoms with van der Waals surface area (Å²) in [6.45, 7) is 0.400. The van der Waals surface area contributed by atoms with E-state index in [1.807, 2.05) is 23.6 Å². The molecule has 2 atom stereocenters. The zero-order chi connectivity index (χ0) is 20.7. The minimum absolute atomic E-state index is 0.143. The van der Waals surface area contributed by atoms with Gasteiger partial charge in [-0.05, 0) is 54.6 Å². The Hall–Kier alpha value is -3.39. The van der Waals surface area contributed by atoms with Crippen LogP contribution in [-0.4, -0.2) is 41.2 Å². The highest BCUT2D eigenvalue weighted by molar-refractivity contribution is 7.12. The normalized spacial score (nSPS) is 20.7. The number of piperidine rings is 1. The van der Waals surface area contributed by atoms with E-state index in [1.54, 1.807) is 35.4 Å². The summed E-state index contributed by atoms with van der Waals surface area (Å²) >= 11 is 1.37. The number of carbonyl (C=O) groups is 3. The first-order chi connectivity index (χ1) is 14.6. The van der Waals surface area contributed by atoms with Crippen LogP contribution in [0.15, 0.2) is 58.5 Å². The van der Waals surface area contributed by atoms with E-state index in [2.05, 4.69) is 10.6 Å². The van der Waals surface area contributed by atoms with Gasteiger partial charge in [-0.2, -0.15) is 0 Å². The Labute approximate surface area is 176 Å². The molecular weight excluding hydrogens is 402 g/mol. The lowest BCUT2D eigenvalue weighted by atomic mass is 9.96. The van der Waals surface area contributed by atoms with Gasteiger partial charge in [0.25, 0.3) is 11.8 Å². The standard InChI is InChI=1S/C22H19N3O4S/c26-20-17-12-14(23-21(27)19-4-2-10-30-19)7-8-25(17)22(28)15-11-13(5-6-16(15)24-20)18-3-1-9-29-18/h1-6,9-11,14,17H,7-8,12H2,(H,23,27)(H,24,26)/t14-,17-/m0/s1. The van der Waals surface area contributed by atoms with Gasteiger partial charge in [0.15, 0.2) is 0 Å². The van der Waals surface area contributed by atoms with E-state index in [-0.39, 0.29) is 23.8 Å². The molecule has 0 aliphatic carbocycles. The predicted molar refractivity (Wildman–Crippen MR) is 112 cm³/mol. The number of benzene rings is 1. The summed E-state index contributed by atoms with van der Waals surface area (Å²) in [6, 6.07) is 11.7. The van der Waals surface area contributed by atoms with Gasteiger partial charge in [0, 0.05) is 18.2 Å². The van der Waals surface area contributed by atoms with Crippen molar-refractivity contribution in [3.05, 3.63) is 64.5 Å². The molecule has 1 saturated heterocycles. The fourth-order valence-corrected chi connectivity index (χ4v) is 4.68. The molecule has 4 heterocycles. The summed E-state index contributed by atoms with van der Waals surface area (Å²) in [5.41, 5.74) is 1.72. The lowest BCUT2D eigenvalue weighted by molar-refractivity contribution is -0.121. The van der Waals surface area contributed by atoms with Crippen molar-refractivity contribution in [1.29, 1.82) is 0 Å². The Morgan fingerprint density at radius 2 is 2.10 bits per heavy atom. The third-order valence-electron chi connectivity index (χ3n) is 5.56. The SMILES string of the molecule is O=C(N[C@H]1CCN2C(=O)c3cc(-c4ccco4)ccc3NC(=O)[C@@H]2C1)c1cccs1. The molecule has 0 radical (unpaired) electrons.